The van der Waals surface area contributed by atoms with Gasteiger partial charge in [-0.3, -0.25) is 9.20 Å². The molecule has 0 aliphatic rings. The lowest BCUT2D eigenvalue weighted by Crippen LogP contribution is -2.02. The summed E-state index contributed by atoms with van der Waals surface area (Å²) in [4.78, 5) is 17.1. The highest BCUT2D eigenvalue weighted by Gasteiger charge is 2.15. The van der Waals surface area contributed by atoms with Crippen LogP contribution in [0.1, 0.15) is 34.2 Å². The van der Waals surface area contributed by atoms with Crippen molar-refractivity contribution in [1.29, 1.82) is 0 Å². The largest absolute Gasteiger partial charge is 0.494 e. The van der Waals surface area contributed by atoms with E-state index in [0.29, 0.717) is 12.3 Å². The van der Waals surface area contributed by atoms with Crippen LogP contribution in [-0.4, -0.2) is 21.8 Å². The predicted molar refractivity (Wildman–Crippen MR) is 95.6 cm³/mol. The molecule has 24 heavy (non-hydrogen) atoms. The first-order valence-electron chi connectivity index (χ1n) is 7.99. The minimum Gasteiger partial charge on any atom is -0.494 e. The first kappa shape index (κ1) is 16.0. The lowest BCUT2D eigenvalue weighted by atomic mass is 10.1. The number of fused-ring (bicyclic) bond motifs is 1. The summed E-state index contributed by atoms with van der Waals surface area (Å²) in [6, 6.07) is 11.6. The van der Waals surface area contributed by atoms with Gasteiger partial charge in [-0.05, 0) is 56.2 Å². The van der Waals surface area contributed by atoms with Gasteiger partial charge in [-0.2, -0.15) is 0 Å². The van der Waals surface area contributed by atoms with E-state index in [4.69, 9.17) is 4.74 Å². The van der Waals surface area contributed by atoms with E-state index in [1.54, 1.807) is 6.08 Å². The Morgan fingerprint density at radius 2 is 1.96 bits per heavy atom. The van der Waals surface area contributed by atoms with Gasteiger partial charge < -0.3 is 4.74 Å². The maximum Gasteiger partial charge on any atom is 0.204 e. The van der Waals surface area contributed by atoms with Gasteiger partial charge in [-0.25, -0.2) is 4.98 Å². The third-order valence-electron chi connectivity index (χ3n) is 3.87. The molecule has 0 amide bonds. The summed E-state index contributed by atoms with van der Waals surface area (Å²) in [5, 5.41) is 0. The molecule has 0 unspecified atom stereocenters. The average molecular weight is 320 g/mol. The number of carbonyl (C=O) groups is 1. The van der Waals surface area contributed by atoms with Crippen LogP contribution in [0.3, 0.4) is 0 Å². The highest BCUT2D eigenvalue weighted by atomic mass is 16.5. The van der Waals surface area contributed by atoms with Gasteiger partial charge in [0.2, 0.25) is 5.78 Å². The number of pyridine rings is 1. The fourth-order valence-corrected chi connectivity index (χ4v) is 2.71. The van der Waals surface area contributed by atoms with Gasteiger partial charge in [0.05, 0.1) is 12.3 Å². The van der Waals surface area contributed by atoms with Crippen molar-refractivity contribution in [2.24, 2.45) is 0 Å². The third-order valence-corrected chi connectivity index (χ3v) is 3.87. The van der Waals surface area contributed by atoms with Gasteiger partial charge in [0, 0.05) is 6.20 Å². The Labute approximate surface area is 141 Å². The minimum absolute atomic E-state index is 0.0560. The van der Waals surface area contributed by atoms with Gasteiger partial charge in [0.25, 0.3) is 0 Å². The van der Waals surface area contributed by atoms with Crippen molar-refractivity contribution in [2.75, 3.05) is 6.61 Å². The summed E-state index contributed by atoms with van der Waals surface area (Å²) >= 11 is 0. The Kier molecular flexibility index (Phi) is 4.47. The number of imidazole rings is 1. The molecule has 0 atom stereocenters. The van der Waals surface area contributed by atoms with E-state index in [1.807, 2.05) is 73.8 Å². The van der Waals surface area contributed by atoms with Crippen LogP contribution in [0.4, 0.5) is 0 Å². The molecule has 0 saturated heterocycles. The average Bonchev–Trinajstić information content (AvgIpc) is 2.92. The van der Waals surface area contributed by atoms with Crippen molar-refractivity contribution in [1.82, 2.24) is 9.38 Å². The van der Waals surface area contributed by atoms with Crippen LogP contribution in [0.2, 0.25) is 0 Å². The van der Waals surface area contributed by atoms with E-state index in [0.717, 1.165) is 28.2 Å². The van der Waals surface area contributed by atoms with Crippen LogP contribution in [0.15, 0.2) is 48.7 Å². The van der Waals surface area contributed by atoms with E-state index in [-0.39, 0.29) is 5.78 Å². The van der Waals surface area contributed by atoms with E-state index < -0.39 is 0 Å². The second-order valence-electron chi connectivity index (χ2n) is 5.63. The van der Waals surface area contributed by atoms with Crippen LogP contribution in [0.25, 0.3) is 11.7 Å². The number of nitrogens with zero attached hydrogens (tertiary/aromatic N) is 2. The second-order valence-corrected chi connectivity index (χ2v) is 5.63. The first-order valence-corrected chi connectivity index (χ1v) is 7.99. The van der Waals surface area contributed by atoms with Crippen LogP contribution in [0.5, 0.6) is 5.75 Å². The zero-order valence-electron chi connectivity index (χ0n) is 14.1. The summed E-state index contributed by atoms with van der Waals surface area (Å²) in [5.74, 6) is 0.772. The Morgan fingerprint density at radius 1 is 1.21 bits per heavy atom. The van der Waals surface area contributed by atoms with Crippen LogP contribution < -0.4 is 4.74 Å². The van der Waals surface area contributed by atoms with Crippen molar-refractivity contribution in [3.63, 3.8) is 0 Å². The molecule has 1 aromatic carbocycles. The van der Waals surface area contributed by atoms with Crippen LogP contribution >= 0.6 is 0 Å². The summed E-state index contributed by atoms with van der Waals surface area (Å²) in [5.41, 5.74) is 4.18. The number of hydrogen-bond acceptors (Lipinski definition) is 3. The highest BCUT2D eigenvalue weighted by Crippen LogP contribution is 2.17. The van der Waals surface area contributed by atoms with Gasteiger partial charge in [0.1, 0.15) is 17.1 Å². The third kappa shape index (κ3) is 3.08. The molecule has 3 aromatic rings. The fourth-order valence-electron chi connectivity index (χ4n) is 2.71. The number of carbonyl (C=O) groups excluding carboxylic acids is 1. The molecule has 2 heterocycles. The Balaban J connectivity index is 1.87. The second kappa shape index (κ2) is 6.71. The number of hydrogen-bond donors (Lipinski definition) is 0. The summed E-state index contributed by atoms with van der Waals surface area (Å²) in [6.07, 6.45) is 5.28. The Bertz CT molecular complexity index is 905. The number of rotatable bonds is 5. The number of aryl methyl sites for hydroxylation is 2. The molecule has 4 nitrogen and oxygen atoms in total. The zero-order chi connectivity index (χ0) is 17.1. The first-order chi connectivity index (χ1) is 11.6. The molecule has 0 aliphatic heterocycles. The maximum absolute atomic E-state index is 12.6. The molecule has 2 aromatic heterocycles. The Hall–Kier alpha value is -2.88. The molecule has 0 spiro atoms. The summed E-state index contributed by atoms with van der Waals surface area (Å²) < 4.78 is 7.27. The summed E-state index contributed by atoms with van der Waals surface area (Å²) in [7, 11) is 0. The van der Waals surface area contributed by atoms with E-state index >= 15 is 0 Å². The molecule has 0 saturated carbocycles. The predicted octanol–water partition coefficient (Wildman–Crippen LogP) is 4.25. The quantitative estimate of drug-likeness (QED) is 0.521. The SMILES string of the molecule is CCOc1ccc(/C=C/C(=O)c2c(C)nc3c(C)cccn23)cc1. The van der Waals surface area contributed by atoms with Crippen molar-refractivity contribution in [2.45, 2.75) is 20.8 Å². The molecule has 122 valence electrons. The molecule has 0 aliphatic carbocycles. The molecule has 0 bridgehead atoms. The van der Waals surface area contributed by atoms with E-state index in [2.05, 4.69) is 4.98 Å². The molecule has 0 radical (unpaired) electrons. The van der Waals surface area contributed by atoms with Gasteiger partial charge >= 0.3 is 0 Å². The smallest absolute Gasteiger partial charge is 0.204 e. The normalized spacial score (nSPS) is 11.3. The molecular formula is C20H20N2O2. The standard InChI is InChI=1S/C20H20N2O2/c1-4-24-17-10-7-16(8-11-17)9-12-18(23)19-15(3)21-20-14(2)6-5-13-22(19)20/h5-13H,4H2,1-3H3/b12-9+. The number of benzene rings is 1. The van der Waals surface area contributed by atoms with Crippen molar-refractivity contribution < 1.29 is 9.53 Å². The van der Waals surface area contributed by atoms with Crippen LogP contribution in [0, 0.1) is 13.8 Å². The molecule has 0 N–H and O–H groups in total. The van der Waals surface area contributed by atoms with Crippen molar-refractivity contribution in [3.05, 3.63) is 71.2 Å². The fraction of sp³-hybridized carbons (Fsp3) is 0.200. The minimum atomic E-state index is -0.0560. The molecular weight excluding hydrogens is 300 g/mol. The lowest BCUT2D eigenvalue weighted by Gasteiger charge is -2.02. The summed E-state index contributed by atoms with van der Waals surface area (Å²) in [6.45, 7) is 6.45. The number of ether oxygens (including phenoxy) is 1. The van der Waals surface area contributed by atoms with Gasteiger partial charge in [-0.15, -0.1) is 0 Å². The number of ketones is 1. The number of aromatic nitrogens is 2. The van der Waals surface area contributed by atoms with E-state index in [9.17, 15) is 4.79 Å². The topological polar surface area (TPSA) is 43.6 Å². The van der Waals surface area contributed by atoms with E-state index in [1.165, 1.54) is 0 Å². The monoisotopic (exact) mass is 320 g/mol. The molecule has 0 fully saturated rings. The van der Waals surface area contributed by atoms with Gasteiger partial charge in [0.15, 0.2) is 0 Å². The lowest BCUT2D eigenvalue weighted by molar-refractivity contribution is 0.104. The number of allylic oxidation sites excluding steroid dienone is 1. The highest BCUT2D eigenvalue weighted by molar-refractivity contribution is 6.07. The Morgan fingerprint density at radius 3 is 2.67 bits per heavy atom. The van der Waals surface area contributed by atoms with Crippen molar-refractivity contribution >= 4 is 17.5 Å². The maximum atomic E-state index is 12.6. The molecule has 4 heteroatoms. The zero-order valence-corrected chi connectivity index (χ0v) is 14.1. The van der Waals surface area contributed by atoms with Gasteiger partial charge in [-0.1, -0.05) is 24.3 Å². The molecule has 3 rings (SSSR count). The van der Waals surface area contributed by atoms with Crippen molar-refractivity contribution in [3.8, 4) is 5.75 Å². The van der Waals surface area contributed by atoms with Crippen LogP contribution in [-0.2, 0) is 0 Å².